The molecule has 0 aromatic rings. The van der Waals surface area contributed by atoms with Crippen LogP contribution in [0.15, 0.2) is 0 Å². The van der Waals surface area contributed by atoms with E-state index in [1.165, 1.54) is 44.9 Å². The molecule has 3 nitrogen and oxygen atoms in total. The second-order valence-corrected chi connectivity index (χ2v) is 6.51. The normalized spacial score (nSPS) is 11.1. The minimum Gasteiger partial charge on any atom is -1.00 e. The molecule has 0 N–H and O–H groups in total. The van der Waals surface area contributed by atoms with Crippen molar-refractivity contribution < 1.29 is 26.4 Å². The van der Waals surface area contributed by atoms with Crippen LogP contribution in [0.25, 0.3) is 0 Å². The van der Waals surface area contributed by atoms with Crippen LogP contribution in [-0.4, -0.2) is 36.8 Å². The molecule has 0 aliphatic rings. The number of hydrogen-bond donors (Lipinski definition) is 0. The van der Waals surface area contributed by atoms with Crippen LogP contribution < -0.4 is 12.4 Å². The quantitative estimate of drug-likeness (QED) is 0.196. The lowest BCUT2D eigenvalue weighted by atomic mass is 10.1. The van der Waals surface area contributed by atoms with Crippen molar-refractivity contribution in [2.75, 3.05) is 26.4 Å². The Kier molecular flexibility index (Phi) is 18.0. The van der Waals surface area contributed by atoms with Gasteiger partial charge >= 0.3 is 5.97 Å². The number of unbranched alkanes of at least 4 members (excludes halogenated alkanes) is 8. The lowest BCUT2D eigenvalue weighted by Gasteiger charge is -2.34. The zero-order chi connectivity index (χ0) is 16.7. The van der Waals surface area contributed by atoms with E-state index >= 15 is 0 Å². The van der Waals surface area contributed by atoms with E-state index in [2.05, 4.69) is 27.7 Å². The molecule has 0 spiro atoms. The van der Waals surface area contributed by atoms with E-state index in [1.54, 1.807) is 0 Å². The van der Waals surface area contributed by atoms with Gasteiger partial charge in [0.2, 0.25) is 6.73 Å². The molecule has 0 aliphatic heterocycles. The van der Waals surface area contributed by atoms with E-state index in [4.69, 9.17) is 4.74 Å². The van der Waals surface area contributed by atoms with Crippen molar-refractivity contribution >= 4 is 5.97 Å². The summed E-state index contributed by atoms with van der Waals surface area (Å²) in [7, 11) is 0. The highest BCUT2D eigenvalue weighted by Gasteiger charge is 2.22. The Hall–Kier alpha value is -0.280. The Balaban J connectivity index is 0. The lowest BCUT2D eigenvalue weighted by molar-refractivity contribution is -0.938. The topological polar surface area (TPSA) is 26.3 Å². The van der Waals surface area contributed by atoms with Crippen LogP contribution in [0.4, 0.5) is 0 Å². The van der Waals surface area contributed by atoms with Gasteiger partial charge in [-0.1, -0.05) is 58.3 Å². The fraction of sp³-hybridized carbons (Fsp3) is 0.947. The molecule has 23 heavy (non-hydrogen) atoms. The maximum Gasteiger partial charge on any atom is 0.310 e. The summed E-state index contributed by atoms with van der Waals surface area (Å²) in [6, 6.07) is 0. The molecule has 0 saturated carbocycles. The third-order valence-electron chi connectivity index (χ3n) is 5.00. The summed E-state index contributed by atoms with van der Waals surface area (Å²) in [5.74, 6) is -0.0132. The Morgan fingerprint density at radius 2 is 1.17 bits per heavy atom. The number of carbonyl (C=O) groups is 1. The third-order valence-corrected chi connectivity index (χ3v) is 5.00. The van der Waals surface area contributed by atoms with Crippen LogP contribution in [0.2, 0.25) is 0 Å². The Morgan fingerprint density at radius 1 is 0.739 bits per heavy atom. The van der Waals surface area contributed by atoms with Crippen LogP contribution in [0.1, 0.15) is 91.9 Å². The summed E-state index contributed by atoms with van der Waals surface area (Å²) in [5, 5.41) is 0. The predicted molar refractivity (Wildman–Crippen MR) is 94.7 cm³/mol. The summed E-state index contributed by atoms with van der Waals surface area (Å²) in [4.78, 5) is 11.8. The van der Waals surface area contributed by atoms with Gasteiger partial charge < -0.3 is 17.1 Å². The molecular formula is C19H40ClNO2. The summed E-state index contributed by atoms with van der Waals surface area (Å²) in [5.41, 5.74) is 0. The maximum absolute atomic E-state index is 11.8. The van der Waals surface area contributed by atoms with E-state index in [0.717, 1.165) is 37.0 Å². The summed E-state index contributed by atoms with van der Waals surface area (Å²) >= 11 is 0. The van der Waals surface area contributed by atoms with Crippen LogP contribution in [0.5, 0.6) is 0 Å². The molecule has 0 aliphatic carbocycles. The molecule has 0 bridgehead atoms. The zero-order valence-electron chi connectivity index (χ0n) is 16.0. The first kappa shape index (κ1) is 25.0. The maximum atomic E-state index is 11.8. The van der Waals surface area contributed by atoms with Crippen molar-refractivity contribution in [1.29, 1.82) is 0 Å². The Labute approximate surface area is 151 Å². The molecule has 0 fully saturated rings. The average molecular weight is 350 g/mol. The van der Waals surface area contributed by atoms with E-state index < -0.39 is 0 Å². The minimum absolute atomic E-state index is 0. The lowest BCUT2D eigenvalue weighted by Crippen LogP contribution is -3.00. The number of halogens is 1. The largest absolute Gasteiger partial charge is 1.00 e. The Bertz CT molecular complexity index is 260. The summed E-state index contributed by atoms with van der Waals surface area (Å²) in [6.45, 7) is 12.4. The molecule has 0 aromatic heterocycles. The fourth-order valence-electron chi connectivity index (χ4n) is 2.81. The van der Waals surface area contributed by atoms with Crippen molar-refractivity contribution in [3.63, 3.8) is 0 Å². The van der Waals surface area contributed by atoms with Crippen molar-refractivity contribution in [1.82, 2.24) is 0 Å². The van der Waals surface area contributed by atoms with Crippen molar-refractivity contribution in [2.45, 2.75) is 91.9 Å². The van der Waals surface area contributed by atoms with Gasteiger partial charge in [0.25, 0.3) is 0 Å². The number of ether oxygens (including phenoxy) is 1. The van der Waals surface area contributed by atoms with Gasteiger partial charge in [0.1, 0.15) is 0 Å². The van der Waals surface area contributed by atoms with E-state index in [-0.39, 0.29) is 18.4 Å². The number of carbonyl (C=O) groups excluding carboxylic acids is 1. The van der Waals surface area contributed by atoms with Crippen molar-refractivity contribution in [3.05, 3.63) is 0 Å². The molecule has 4 heteroatoms. The summed E-state index contributed by atoms with van der Waals surface area (Å²) < 4.78 is 6.36. The first-order valence-corrected chi connectivity index (χ1v) is 9.64. The summed E-state index contributed by atoms with van der Waals surface area (Å²) in [6.07, 6.45) is 12.1. The third kappa shape index (κ3) is 12.8. The van der Waals surface area contributed by atoms with Crippen molar-refractivity contribution in [3.8, 4) is 0 Å². The van der Waals surface area contributed by atoms with Gasteiger partial charge in [-0.15, -0.1) is 0 Å². The SMILES string of the molecule is CCCCCCCCCCCC(=O)OC[N+](CC)(CC)CC.[Cl-]. The predicted octanol–water partition coefficient (Wildman–Crippen LogP) is 2.29. The fourth-order valence-corrected chi connectivity index (χ4v) is 2.81. The molecule has 0 rings (SSSR count). The molecule has 0 atom stereocenters. The molecule has 0 amide bonds. The number of hydrogen-bond acceptors (Lipinski definition) is 2. The van der Waals surface area contributed by atoms with Gasteiger partial charge in [-0.2, -0.15) is 0 Å². The molecule has 0 saturated heterocycles. The van der Waals surface area contributed by atoms with Gasteiger partial charge in [0.05, 0.1) is 19.6 Å². The van der Waals surface area contributed by atoms with Crippen LogP contribution in [0, 0.1) is 0 Å². The van der Waals surface area contributed by atoms with E-state index in [9.17, 15) is 4.79 Å². The van der Waals surface area contributed by atoms with Crippen molar-refractivity contribution in [2.24, 2.45) is 0 Å². The van der Waals surface area contributed by atoms with Gasteiger partial charge in [0.15, 0.2) is 0 Å². The van der Waals surface area contributed by atoms with Crippen LogP contribution >= 0.6 is 0 Å². The molecule has 140 valence electrons. The minimum atomic E-state index is -0.0132. The monoisotopic (exact) mass is 349 g/mol. The van der Waals surface area contributed by atoms with E-state index in [0.29, 0.717) is 13.2 Å². The standard InChI is InChI=1S/C19H40NO2.ClH/c1-5-9-10-11-12-13-14-15-16-17-19(21)22-18-20(6-2,7-3)8-4;/h5-18H2,1-4H3;1H/q+1;/p-1. The van der Waals surface area contributed by atoms with Crippen LogP contribution in [-0.2, 0) is 9.53 Å². The first-order chi connectivity index (χ1) is 10.6. The zero-order valence-corrected chi connectivity index (χ0v) is 16.8. The van der Waals surface area contributed by atoms with Gasteiger partial charge in [-0.3, -0.25) is 9.28 Å². The molecule has 0 aromatic carbocycles. The van der Waals surface area contributed by atoms with Gasteiger partial charge in [-0.25, -0.2) is 0 Å². The van der Waals surface area contributed by atoms with Crippen LogP contribution in [0.3, 0.4) is 0 Å². The smallest absolute Gasteiger partial charge is 0.310 e. The van der Waals surface area contributed by atoms with Gasteiger partial charge in [0, 0.05) is 6.42 Å². The second-order valence-electron chi connectivity index (χ2n) is 6.51. The highest BCUT2D eigenvalue weighted by molar-refractivity contribution is 5.69. The molecule has 0 radical (unpaired) electrons. The molecule has 0 unspecified atom stereocenters. The average Bonchev–Trinajstić information content (AvgIpc) is 2.55. The number of nitrogens with zero attached hydrogens (tertiary/aromatic N) is 1. The number of esters is 1. The second kappa shape index (κ2) is 16.6. The highest BCUT2D eigenvalue weighted by atomic mass is 35.5. The van der Waals surface area contributed by atoms with E-state index in [1.807, 2.05) is 0 Å². The number of quaternary nitrogens is 1. The highest BCUT2D eigenvalue weighted by Crippen LogP contribution is 2.11. The van der Waals surface area contributed by atoms with Gasteiger partial charge in [-0.05, 0) is 27.2 Å². The Morgan fingerprint density at radius 3 is 1.61 bits per heavy atom. The first-order valence-electron chi connectivity index (χ1n) is 9.64. The molecular weight excluding hydrogens is 310 g/mol. The number of rotatable bonds is 15. The molecule has 0 heterocycles.